The van der Waals surface area contributed by atoms with Crippen molar-refractivity contribution in [3.05, 3.63) is 12.2 Å². The lowest BCUT2D eigenvalue weighted by Gasteiger charge is -2.35. The zero-order valence-corrected chi connectivity index (χ0v) is 11.5. The van der Waals surface area contributed by atoms with Gasteiger partial charge in [0.05, 0.1) is 16.9 Å². The highest BCUT2D eigenvalue weighted by Crippen LogP contribution is 2.40. The summed E-state index contributed by atoms with van der Waals surface area (Å²) in [6, 6.07) is 0. The lowest BCUT2D eigenvalue weighted by atomic mass is 9.84. The average Bonchev–Trinajstić information content (AvgIpc) is 3.06. The Balaban J connectivity index is 1.83. The van der Waals surface area contributed by atoms with Gasteiger partial charge in [0.15, 0.2) is 5.82 Å². The van der Waals surface area contributed by atoms with Crippen LogP contribution in [0.25, 0.3) is 0 Å². The molecule has 0 radical (unpaired) electrons. The van der Waals surface area contributed by atoms with Crippen molar-refractivity contribution in [2.75, 3.05) is 6.54 Å². The monoisotopic (exact) mass is 279 g/mol. The largest absolute Gasteiger partial charge is 0.392 e. The van der Waals surface area contributed by atoms with Gasteiger partial charge in [-0.05, 0) is 12.8 Å². The van der Waals surface area contributed by atoms with Crippen LogP contribution in [-0.4, -0.2) is 37.1 Å². The van der Waals surface area contributed by atoms with Crippen LogP contribution in [0.4, 0.5) is 0 Å². The van der Waals surface area contributed by atoms with Crippen LogP contribution in [0.15, 0.2) is 6.33 Å². The van der Waals surface area contributed by atoms with E-state index >= 15 is 0 Å². The Kier molecular flexibility index (Phi) is 3.00. The fourth-order valence-corrected chi connectivity index (χ4v) is 3.38. The van der Waals surface area contributed by atoms with E-state index in [1.807, 2.05) is 9.47 Å². The summed E-state index contributed by atoms with van der Waals surface area (Å²) in [7, 11) is 0. The molecule has 102 valence electrons. The van der Waals surface area contributed by atoms with Gasteiger partial charge in [0.25, 0.3) is 0 Å². The second kappa shape index (κ2) is 4.56. The van der Waals surface area contributed by atoms with E-state index in [-0.39, 0.29) is 5.91 Å². The average molecular weight is 279 g/mol. The summed E-state index contributed by atoms with van der Waals surface area (Å²) in [6.45, 7) is 1.92. The first-order valence-corrected chi connectivity index (χ1v) is 7.00. The van der Waals surface area contributed by atoms with Crippen molar-refractivity contribution in [2.24, 2.45) is 11.1 Å². The Morgan fingerprint density at radius 1 is 1.37 bits per heavy atom. The maximum absolute atomic E-state index is 12.8. The summed E-state index contributed by atoms with van der Waals surface area (Å²) in [4.78, 5) is 15.0. The molecule has 0 unspecified atom stereocenters. The molecule has 1 saturated carbocycles. The van der Waals surface area contributed by atoms with E-state index in [1.165, 1.54) is 0 Å². The normalized spacial score (nSPS) is 21.2. The fraction of sp³-hybridized carbons (Fsp3) is 0.667. The van der Waals surface area contributed by atoms with Gasteiger partial charge < -0.3 is 15.2 Å². The molecule has 0 saturated heterocycles. The number of aromatic nitrogens is 3. The Morgan fingerprint density at radius 3 is 2.79 bits per heavy atom. The highest BCUT2D eigenvalue weighted by molar-refractivity contribution is 7.80. The van der Waals surface area contributed by atoms with Crippen molar-refractivity contribution < 1.29 is 4.79 Å². The lowest BCUT2D eigenvalue weighted by Crippen LogP contribution is -2.51. The molecule has 1 aliphatic carbocycles. The Labute approximate surface area is 117 Å². The van der Waals surface area contributed by atoms with E-state index in [9.17, 15) is 4.79 Å². The van der Waals surface area contributed by atoms with Crippen molar-refractivity contribution in [1.29, 1.82) is 0 Å². The van der Waals surface area contributed by atoms with Crippen LogP contribution < -0.4 is 5.73 Å². The summed E-state index contributed by atoms with van der Waals surface area (Å²) >= 11 is 5.17. The minimum atomic E-state index is -0.614. The van der Waals surface area contributed by atoms with Gasteiger partial charge in [-0.2, -0.15) is 0 Å². The summed E-state index contributed by atoms with van der Waals surface area (Å²) in [5.41, 5.74) is 5.25. The van der Waals surface area contributed by atoms with Crippen molar-refractivity contribution in [2.45, 2.75) is 38.8 Å². The van der Waals surface area contributed by atoms with Gasteiger partial charge in [0.2, 0.25) is 5.91 Å². The third-order valence-corrected chi connectivity index (χ3v) is 4.65. The smallest absolute Gasteiger partial charge is 0.236 e. The SMILES string of the molecule is NC(=S)C1(C(=O)N2CCn3cnnc3C2)CCCC1. The van der Waals surface area contributed by atoms with Crippen LogP contribution in [-0.2, 0) is 17.9 Å². The maximum Gasteiger partial charge on any atom is 0.236 e. The zero-order chi connectivity index (χ0) is 13.5. The number of hydrogen-bond acceptors (Lipinski definition) is 4. The summed E-state index contributed by atoms with van der Waals surface area (Å²) < 4.78 is 1.98. The first kappa shape index (κ1) is 12.5. The van der Waals surface area contributed by atoms with E-state index in [0.29, 0.717) is 18.1 Å². The summed E-state index contributed by atoms with van der Waals surface area (Å²) in [5.74, 6) is 0.905. The highest BCUT2D eigenvalue weighted by Gasteiger charge is 2.46. The first-order valence-electron chi connectivity index (χ1n) is 6.59. The minimum absolute atomic E-state index is 0.0757. The van der Waals surface area contributed by atoms with Crippen LogP contribution >= 0.6 is 12.2 Å². The summed E-state index contributed by atoms with van der Waals surface area (Å²) in [6.07, 6.45) is 5.31. The molecule has 1 aromatic heterocycles. The number of thiocarbonyl (C=S) groups is 1. The number of rotatable bonds is 2. The predicted molar refractivity (Wildman–Crippen MR) is 73.1 cm³/mol. The van der Waals surface area contributed by atoms with Gasteiger partial charge in [-0.15, -0.1) is 10.2 Å². The molecule has 0 spiro atoms. The van der Waals surface area contributed by atoms with Crippen molar-refractivity contribution in [1.82, 2.24) is 19.7 Å². The molecule has 2 N–H and O–H groups in total. The van der Waals surface area contributed by atoms with Gasteiger partial charge in [-0.25, -0.2) is 0 Å². The van der Waals surface area contributed by atoms with Crippen LogP contribution in [0.2, 0.25) is 0 Å². The molecule has 0 bridgehead atoms. The standard InChI is InChI=1S/C12H17N5OS/c13-10(19)12(3-1-2-4-12)11(18)16-5-6-17-8-14-15-9(17)7-16/h8H,1-7H2,(H2,13,19). The molecule has 0 aromatic carbocycles. The van der Waals surface area contributed by atoms with Gasteiger partial charge in [-0.1, -0.05) is 25.1 Å². The van der Waals surface area contributed by atoms with Crippen molar-refractivity contribution in [3.8, 4) is 0 Å². The third-order valence-electron chi connectivity index (χ3n) is 4.26. The molecular weight excluding hydrogens is 262 g/mol. The Morgan fingerprint density at radius 2 is 2.11 bits per heavy atom. The van der Waals surface area contributed by atoms with E-state index < -0.39 is 5.41 Å². The highest BCUT2D eigenvalue weighted by atomic mass is 32.1. The quantitative estimate of drug-likeness (QED) is 0.796. The van der Waals surface area contributed by atoms with Crippen molar-refractivity contribution in [3.63, 3.8) is 0 Å². The molecular formula is C12H17N5OS. The zero-order valence-electron chi connectivity index (χ0n) is 10.7. The first-order chi connectivity index (χ1) is 9.13. The number of fused-ring (bicyclic) bond motifs is 1. The van der Waals surface area contributed by atoms with E-state index in [0.717, 1.165) is 38.1 Å². The molecule has 2 aliphatic rings. The van der Waals surface area contributed by atoms with Gasteiger partial charge in [-0.3, -0.25) is 4.79 Å². The van der Waals surface area contributed by atoms with Crippen LogP contribution in [0.5, 0.6) is 0 Å². The van der Waals surface area contributed by atoms with E-state index in [4.69, 9.17) is 18.0 Å². The second-order valence-electron chi connectivity index (χ2n) is 5.32. The molecule has 1 fully saturated rings. The third kappa shape index (κ3) is 1.92. The van der Waals surface area contributed by atoms with Crippen LogP contribution in [0, 0.1) is 5.41 Å². The Hall–Kier alpha value is -1.50. The molecule has 3 rings (SSSR count). The number of hydrogen-bond donors (Lipinski definition) is 1. The topological polar surface area (TPSA) is 77.0 Å². The van der Waals surface area contributed by atoms with Gasteiger partial charge in [0.1, 0.15) is 6.33 Å². The van der Waals surface area contributed by atoms with E-state index in [1.54, 1.807) is 6.33 Å². The number of carbonyl (C=O) groups is 1. The summed E-state index contributed by atoms with van der Waals surface area (Å²) in [5, 5.41) is 7.91. The second-order valence-corrected chi connectivity index (χ2v) is 5.76. The molecule has 6 nitrogen and oxygen atoms in total. The minimum Gasteiger partial charge on any atom is -0.392 e. The van der Waals surface area contributed by atoms with Crippen molar-refractivity contribution >= 4 is 23.1 Å². The molecule has 2 heterocycles. The van der Waals surface area contributed by atoms with Crippen LogP contribution in [0.1, 0.15) is 31.5 Å². The van der Waals surface area contributed by atoms with Gasteiger partial charge in [0, 0.05) is 13.1 Å². The van der Waals surface area contributed by atoms with E-state index in [2.05, 4.69) is 10.2 Å². The molecule has 1 aliphatic heterocycles. The predicted octanol–water partition coefficient (Wildman–Crippen LogP) is 0.467. The molecule has 1 aromatic rings. The van der Waals surface area contributed by atoms with Gasteiger partial charge >= 0.3 is 0 Å². The number of amides is 1. The molecule has 0 atom stereocenters. The Bertz CT molecular complexity index is 520. The molecule has 19 heavy (non-hydrogen) atoms. The fourth-order valence-electron chi connectivity index (χ4n) is 3.09. The van der Waals surface area contributed by atoms with Crippen LogP contribution in [0.3, 0.4) is 0 Å². The lowest BCUT2D eigenvalue weighted by molar-refractivity contribution is -0.139. The molecule has 7 heteroatoms. The molecule has 1 amide bonds. The number of carbonyl (C=O) groups excluding carboxylic acids is 1. The number of nitrogens with two attached hydrogens (primary N) is 1. The maximum atomic E-state index is 12.8. The number of nitrogens with zero attached hydrogens (tertiary/aromatic N) is 4.